The van der Waals surface area contributed by atoms with Gasteiger partial charge in [0.1, 0.15) is 18.3 Å². The van der Waals surface area contributed by atoms with Crippen molar-refractivity contribution in [2.75, 3.05) is 24.5 Å². The Morgan fingerprint density at radius 1 is 0.974 bits per heavy atom. The summed E-state index contributed by atoms with van der Waals surface area (Å²) in [6, 6.07) is 16.8. The minimum Gasteiger partial charge on any atom is -0.494 e. The second kappa shape index (κ2) is 13.2. The summed E-state index contributed by atoms with van der Waals surface area (Å²) < 4.78 is 34.2. The predicted octanol–water partition coefficient (Wildman–Crippen LogP) is 5.06. The fourth-order valence-corrected chi connectivity index (χ4v) is 5.60. The first-order valence-electron chi connectivity index (χ1n) is 12.2. The standard InChI is InChI=1S/C28H31Cl2N3O5S/c1-5-38-23-11-9-22(10-12-23)33(39(36,37)24-13-6-19(2)7-14-24)18-27(34)32(20(3)28(35)31-4)17-21-8-15-25(29)26(30)16-21/h6-16,20H,5,17-18H2,1-4H3,(H,31,35)/t20-/m0/s1. The summed E-state index contributed by atoms with van der Waals surface area (Å²) in [6.07, 6.45) is 0. The lowest BCUT2D eigenvalue weighted by Crippen LogP contribution is -2.50. The molecular weight excluding hydrogens is 561 g/mol. The number of nitrogens with zero attached hydrogens (tertiary/aromatic N) is 2. The minimum atomic E-state index is -4.16. The van der Waals surface area contributed by atoms with Crippen molar-refractivity contribution >= 4 is 50.7 Å². The van der Waals surface area contributed by atoms with Crippen LogP contribution in [-0.4, -0.2) is 51.4 Å². The zero-order valence-electron chi connectivity index (χ0n) is 22.1. The Labute approximate surface area is 239 Å². The van der Waals surface area contributed by atoms with E-state index in [0.29, 0.717) is 28.0 Å². The fourth-order valence-electron chi connectivity index (χ4n) is 3.87. The van der Waals surface area contributed by atoms with Crippen molar-refractivity contribution in [3.8, 4) is 5.75 Å². The van der Waals surface area contributed by atoms with Crippen LogP contribution in [0, 0.1) is 6.92 Å². The summed E-state index contributed by atoms with van der Waals surface area (Å²) in [5.74, 6) is -0.422. The van der Waals surface area contributed by atoms with Crippen LogP contribution in [0.15, 0.2) is 71.6 Å². The second-order valence-electron chi connectivity index (χ2n) is 8.81. The number of aryl methyl sites for hydroxylation is 1. The molecule has 3 aromatic rings. The van der Waals surface area contributed by atoms with E-state index < -0.39 is 34.4 Å². The Morgan fingerprint density at radius 3 is 2.18 bits per heavy atom. The highest BCUT2D eigenvalue weighted by atomic mass is 35.5. The van der Waals surface area contributed by atoms with Crippen LogP contribution in [0.5, 0.6) is 5.75 Å². The van der Waals surface area contributed by atoms with Crippen LogP contribution in [-0.2, 0) is 26.2 Å². The number of likely N-dealkylation sites (N-methyl/N-ethyl adjacent to an activating group) is 1. The molecule has 208 valence electrons. The molecule has 8 nitrogen and oxygen atoms in total. The topological polar surface area (TPSA) is 96.0 Å². The normalized spacial score (nSPS) is 11.9. The zero-order chi connectivity index (χ0) is 28.7. The lowest BCUT2D eigenvalue weighted by Gasteiger charge is -2.32. The van der Waals surface area contributed by atoms with E-state index in [9.17, 15) is 18.0 Å². The van der Waals surface area contributed by atoms with Gasteiger partial charge in [0.25, 0.3) is 10.0 Å². The van der Waals surface area contributed by atoms with Gasteiger partial charge in [-0.15, -0.1) is 0 Å². The van der Waals surface area contributed by atoms with E-state index in [2.05, 4.69) is 5.32 Å². The van der Waals surface area contributed by atoms with Crippen LogP contribution >= 0.6 is 23.2 Å². The second-order valence-corrected chi connectivity index (χ2v) is 11.5. The molecule has 0 bridgehead atoms. The molecule has 11 heteroatoms. The molecule has 0 radical (unpaired) electrons. The highest BCUT2D eigenvalue weighted by molar-refractivity contribution is 7.92. The summed E-state index contributed by atoms with van der Waals surface area (Å²) in [6.45, 7) is 5.18. The largest absolute Gasteiger partial charge is 0.494 e. The number of sulfonamides is 1. The molecule has 39 heavy (non-hydrogen) atoms. The van der Waals surface area contributed by atoms with Gasteiger partial charge in [-0.25, -0.2) is 8.42 Å². The van der Waals surface area contributed by atoms with E-state index in [4.69, 9.17) is 27.9 Å². The maximum atomic E-state index is 13.8. The average Bonchev–Trinajstić information content (AvgIpc) is 2.92. The average molecular weight is 593 g/mol. The molecule has 0 unspecified atom stereocenters. The van der Waals surface area contributed by atoms with Crippen LogP contribution in [0.25, 0.3) is 0 Å². The highest BCUT2D eigenvalue weighted by Gasteiger charge is 2.32. The number of carbonyl (C=O) groups excluding carboxylic acids is 2. The van der Waals surface area contributed by atoms with Gasteiger partial charge in [-0.2, -0.15) is 0 Å². The highest BCUT2D eigenvalue weighted by Crippen LogP contribution is 2.28. The Hall–Kier alpha value is -3.27. The summed E-state index contributed by atoms with van der Waals surface area (Å²) in [5.41, 5.74) is 1.79. The maximum Gasteiger partial charge on any atom is 0.264 e. The number of anilines is 1. The van der Waals surface area contributed by atoms with Crippen molar-refractivity contribution in [2.45, 2.75) is 38.3 Å². The third kappa shape index (κ3) is 7.44. The van der Waals surface area contributed by atoms with Gasteiger partial charge in [0.05, 0.1) is 27.2 Å². The van der Waals surface area contributed by atoms with Gasteiger partial charge < -0.3 is 15.0 Å². The first-order valence-corrected chi connectivity index (χ1v) is 14.4. The first-order chi connectivity index (χ1) is 18.5. The summed E-state index contributed by atoms with van der Waals surface area (Å²) in [7, 11) is -2.69. The van der Waals surface area contributed by atoms with Gasteiger partial charge in [0.2, 0.25) is 11.8 Å². The van der Waals surface area contributed by atoms with Crippen molar-refractivity contribution in [1.29, 1.82) is 0 Å². The molecule has 0 fully saturated rings. The molecule has 1 N–H and O–H groups in total. The number of ether oxygens (including phenoxy) is 1. The predicted molar refractivity (Wildman–Crippen MR) is 154 cm³/mol. The summed E-state index contributed by atoms with van der Waals surface area (Å²) in [4.78, 5) is 27.7. The van der Waals surface area contributed by atoms with Gasteiger partial charge in [-0.05, 0) is 74.9 Å². The van der Waals surface area contributed by atoms with Crippen LogP contribution in [0.2, 0.25) is 10.0 Å². The van der Waals surface area contributed by atoms with E-state index >= 15 is 0 Å². The smallest absolute Gasteiger partial charge is 0.264 e. The summed E-state index contributed by atoms with van der Waals surface area (Å²) in [5, 5.41) is 3.19. The SMILES string of the molecule is CCOc1ccc(N(CC(=O)N(Cc2ccc(Cl)c(Cl)c2)[C@@H](C)C(=O)NC)S(=O)(=O)c2ccc(C)cc2)cc1. The van der Waals surface area contributed by atoms with E-state index in [-0.39, 0.29) is 17.1 Å². The molecule has 0 aromatic heterocycles. The van der Waals surface area contributed by atoms with Crippen molar-refractivity contribution in [3.63, 3.8) is 0 Å². The van der Waals surface area contributed by atoms with Crippen LogP contribution in [0.4, 0.5) is 5.69 Å². The molecular formula is C28H31Cl2N3O5S. The molecule has 2 amide bonds. The Kier molecular flexibility index (Phi) is 10.2. The molecule has 0 aliphatic rings. The van der Waals surface area contributed by atoms with Crippen LogP contribution in [0.3, 0.4) is 0 Å². The summed E-state index contributed by atoms with van der Waals surface area (Å²) >= 11 is 12.2. The van der Waals surface area contributed by atoms with Gasteiger partial charge in [0.15, 0.2) is 0 Å². The lowest BCUT2D eigenvalue weighted by atomic mass is 10.1. The number of halogens is 2. The Morgan fingerprint density at radius 2 is 1.62 bits per heavy atom. The van der Waals surface area contributed by atoms with Gasteiger partial charge in [-0.3, -0.25) is 13.9 Å². The van der Waals surface area contributed by atoms with Gasteiger partial charge in [0, 0.05) is 13.6 Å². The minimum absolute atomic E-state index is 0.00596. The number of carbonyl (C=O) groups is 2. The van der Waals surface area contributed by atoms with Crippen molar-refractivity contribution < 1.29 is 22.7 Å². The fraction of sp³-hybridized carbons (Fsp3) is 0.286. The number of rotatable bonds is 11. The molecule has 3 aromatic carbocycles. The van der Waals surface area contributed by atoms with Crippen molar-refractivity contribution in [3.05, 3.63) is 87.9 Å². The number of nitrogens with one attached hydrogen (secondary N) is 1. The number of benzene rings is 3. The third-order valence-corrected chi connectivity index (χ3v) is 8.60. The van der Waals surface area contributed by atoms with Crippen LogP contribution in [0.1, 0.15) is 25.0 Å². The Balaban J connectivity index is 2.04. The number of hydrogen-bond donors (Lipinski definition) is 1. The molecule has 0 saturated heterocycles. The zero-order valence-corrected chi connectivity index (χ0v) is 24.5. The van der Waals surface area contributed by atoms with Crippen molar-refractivity contribution in [1.82, 2.24) is 10.2 Å². The molecule has 0 spiro atoms. The van der Waals surface area contributed by atoms with Gasteiger partial charge >= 0.3 is 0 Å². The molecule has 0 aliphatic carbocycles. The van der Waals surface area contributed by atoms with Gasteiger partial charge in [-0.1, -0.05) is 47.0 Å². The van der Waals surface area contributed by atoms with Crippen molar-refractivity contribution in [2.24, 2.45) is 0 Å². The van der Waals surface area contributed by atoms with E-state index in [1.54, 1.807) is 61.5 Å². The molecule has 3 rings (SSSR count). The lowest BCUT2D eigenvalue weighted by molar-refractivity contribution is -0.139. The van der Waals surface area contributed by atoms with Crippen LogP contribution < -0.4 is 14.4 Å². The molecule has 0 aliphatic heterocycles. The van der Waals surface area contributed by atoms with E-state index in [0.717, 1.165) is 9.87 Å². The monoisotopic (exact) mass is 591 g/mol. The molecule has 0 saturated carbocycles. The maximum absolute atomic E-state index is 13.8. The Bertz CT molecular complexity index is 1410. The van der Waals surface area contributed by atoms with E-state index in [1.165, 1.54) is 24.1 Å². The first kappa shape index (κ1) is 30.3. The molecule has 1 atom stereocenters. The molecule has 0 heterocycles. The van der Waals surface area contributed by atoms with E-state index in [1.807, 2.05) is 13.8 Å². The third-order valence-electron chi connectivity index (χ3n) is 6.07. The number of amides is 2. The quantitative estimate of drug-likeness (QED) is 0.336. The number of hydrogen-bond acceptors (Lipinski definition) is 5.